The molecule has 0 spiro atoms. The summed E-state index contributed by atoms with van der Waals surface area (Å²) in [6.07, 6.45) is 4.92. The number of rotatable bonds is 6. The van der Waals surface area contributed by atoms with Gasteiger partial charge in [-0.3, -0.25) is 4.79 Å². The molecule has 114 valence electrons. The van der Waals surface area contributed by atoms with Crippen LogP contribution in [-0.4, -0.2) is 29.6 Å². The molecule has 21 heavy (non-hydrogen) atoms. The van der Waals surface area contributed by atoms with Crippen LogP contribution in [0.15, 0.2) is 18.2 Å². The average Bonchev–Trinajstić information content (AvgIpc) is 2.50. The Bertz CT molecular complexity index is 527. The van der Waals surface area contributed by atoms with E-state index >= 15 is 0 Å². The van der Waals surface area contributed by atoms with Gasteiger partial charge >= 0.3 is 5.97 Å². The number of aryl methyl sites for hydroxylation is 2. The fourth-order valence-electron chi connectivity index (χ4n) is 2.52. The van der Waals surface area contributed by atoms with E-state index in [1.54, 1.807) is 6.92 Å². The molecule has 2 rings (SSSR count). The summed E-state index contributed by atoms with van der Waals surface area (Å²) in [5.74, 6) is -0.782. The van der Waals surface area contributed by atoms with Crippen molar-refractivity contribution in [1.29, 1.82) is 0 Å². The summed E-state index contributed by atoms with van der Waals surface area (Å²) in [5.41, 5.74) is 2.64. The average molecular weight is 291 g/mol. The van der Waals surface area contributed by atoms with Crippen molar-refractivity contribution in [1.82, 2.24) is 5.32 Å². The predicted octanol–water partition coefficient (Wildman–Crippen LogP) is 1.92. The maximum atomic E-state index is 11.7. The highest BCUT2D eigenvalue weighted by atomic mass is 16.5. The van der Waals surface area contributed by atoms with Gasteiger partial charge in [-0.15, -0.1) is 0 Å². The second-order valence-electron chi connectivity index (χ2n) is 5.29. The van der Waals surface area contributed by atoms with Gasteiger partial charge in [0.2, 0.25) is 0 Å². The number of aliphatic carboxylic acids is 1. The van der Waals surface area contributed by atoms with Crippen LogP contribution in [0.5, 0.6) is 5.75 Å². The van der Waals surface area contributed by atoms with Gasteiger partial charge in [0, 0.05) is 0 Å². The van der Waals surface area contributed by atoms with Crippen LogP contribution in [0.25, 0.3) is 0 Å². The fourth-order valence-corrected chi connectivity index (χ4v) is 2.52. The summed E-state index contributed by atoms with van der Waals surface area (Å²) in [6, 6.07) is 5.04. The minimum atomic E-state index is -1.03. The molecular formula is C16H21NO4. The highest BCUT2D eigenvalue weighted by Crippen LogP contribution is 2.25. The Labute approximate surface area is 124 Å². The Morgan fingerprint density at radius 1 is 1.29 bits per heavy atom. The second-order valence-corrected chi connectivity index (χ2v) is 5.29. The van der Waals surface area contributed by atoms with Crippen molar-refractivity contribution in [3.8, 4) is 5.75 Å². The summed E-state index contributed by atoms with van der Waals surface area (Å²) < 4.78 is 5.45. The van der Waals surface area contributed by atoms with Gasteiger partial charge in [0.15, 0.2) is 6.61 Å². The van der Waals surface area contributed by atoms with Crippen molar-refractivity contribution in [2.45, 2.75) is 45.1 Å². The Hall–Kier alpha value is -2.04. The lowest BCUT2D eigenvalue weighted by Gasteiger charge is -2.17. The van der Waals surface area contributed by atoms with Crippen LogP contribution in [0.3, 0.4) is 0 Å². The van der Waals surface area contributed by atoms with E-state index in [0.29, 0.717) is 12.2 Å². The van der Waals surface area contributed by atoms with Gasteiger partial charge in [-0.1, -0.05) is 13.0 Å². The molecule has 0 fully saturated rings. The van der Waals surface area contributed by atoms with Gasteiger partial charge in [0.1, 0.15) is 11.8 Å². The molecule has 1 amide bonds. The van der Waals surface area contributed by atoms with Crippen molar-refractivity contribution in [2.75, 3.05) is 6.61 Å². The van der Waals surface area contributed by atoms with E-state index in [1.807, 2.05) is 18.2 Å². The van der Waals surface area contributed by atoms with E-state index in [2.05, 4.69) is 5.32 Å². The second kappa shape index (κ2) is 7.11. The molecule has 0 radical (unpaired) electrons. The topological polar surface area (TPSA) is 75.6 Å². The Morgan fingerprint density at radius 3 is 2.67 bits per heavy atom. The Balaban J connectivity index is 1.88. The number of carbonyl (C=O) groups excluding carboxylic acids is 1. The number of amides is 1. The summed E-state index contributed by atoms with van der Waals surface area (Å²) >= 11 is 0. The first-order chi connectivity index (χ1) is 10.1. The minimum absolute atomic E-state index is 0.164. The molecule has 0 heterocycles. The molecule has 1 aliphatic rings. The standard InChI is InChI=1S/C16H21NO4/c1-2-14(16(19)20)17-15(18)10-21-13-8-7-11-5-3-4-6-12(11)9-13/h7-9,14H,2-6,10H2,1H3,(H,17,18)(H,19,20). The first kappa shape index (κ1) is 15.4. The molecule has 0 aromatic heterocycles. The first-order valence-corrected chi connectivity index (χ1v) is 7.37. The van der Waals surface area contributed by atoms with E-state index in [0.717, 1.165) is 12.8 Å². The first-order valence-electron chi connectivity index (χ1n) is 7.37. The van der Waals surface area contributed by atoms with Crippen molar-refractivity contribution in [2.24, 2.45) is 0 Å². The number of carbonyl (C=O) groups is 2. The minimum Gasteiger partial charge on any atom is -0.484 e. The summed E-state index contributed by atoms with van der Waals surface area (Å²) in [7, 11) is 0. The molecule has 2 N–H and O–H groups in total. The van der Waals surface area contributed by atoms with E-state index in [4.69, 9.17) is 9.84 Å². The van der Waals surface area contributed by atoms with Crippen LogP contribution < -0.4 is 10.1 Å². The monoisotopic (exact) mass is 291 g/mol. The highest BCUT2D eigenvalue weighted by molar-refractivity contribution is 5.84. The molecule has 5 nitrogen and oxygen atoms in total. The molecule has 0 saturated carbocycles. The van der Waals surface area contributed by atoms with Crippen LogP contribution in [0.4, 0.5) is 0 Å². The van der Waals surface area contributed by atoms with Crippen molar-refractivity contribution >= 4 is 11.9 Å². The lowest BCUT2D eigenvalue weighted by atomic mass is 9.92. The van der Waals surface area contributed by atoms with Gasteiger partial charge in [0.05, 0.1) is 0 Å². The molecule has 0 saturated heterocycles. The van der Waals surface area contributed by atoms with Gasteiger partial charge in [-0.2, -0.15) is 0 Å². The van der Waals surface area contributed by atoms with Crippen LogP contribution in [-0.2, 0) is 22.4 Å². The van der Waals surface area contributed by atoms with Gasteiger partial charge in [0.25, 0.3) is 5.91 Å². The Morgan fingerprint density at radius 2 is 2.00 bits per heavy atom. The number of benzene rings is 1. The SMILES string of the molecule is CCC(NC(=O)COc1ccc2c(c1)CCCC2)C(=O)O. The zero-order valence-electron chi connectivity index (χ0n) is 12.2. The van der Waals surface area contributed by atoms with Crippen LogP contribution in [0, 0.1) is 0 Å². The van der Waals surface area contributed by atoms with Crippen molar-refractivity contribution in [3.63, 3.8) is 0 Å². The molecule has 1 aromatic rings. The quantitative estimate of drug-likeness (QED) is 0.839. The van der Waals surface area contributed by atoms with Gasteiger partial charge in [-0.25, -0.2) is 4.79 Å². The molecule has 5 heteroatoms. The van der Waals surface area contributed by atoms with Crippen LogP contribution in [0.2, 0.25) is 0 Å². The summed E-state index contributed by atoms with van der Waals surface area (Å²) in [4.78, 5) is 22.5. The molecule has 0 aliphatic heterocycles. The van der Waals surface area contributed by atoms with E-state index in [-0.39, 0.29) is 6.61 Å². The maximum Gasteiger partial charge on any atom is 0.326 e. The highest BCUT2D eigenvalue weighted by Gasteiger charge is 2.18. The normalized spacial score (nSPS) is 14.9. The number of hydrogen-bond donors (Lipinski definition) is 2. The number of carboxylic acid groups (broad SMARTS) is 1. The van der Waals surface area contributed by atoms with E-state index in [1.165, 1.54) is 24.0 Å². The van der Waals surface area contributed by atoms with Crippen LogP contribution in [0.1, 0.15) is 37.3 Å². The number of ether oxygens (including phenoxy) is 1. The van der Waals surface area contributed by atoms with E-state index in [9.17, 15) is 9.59 Å². The zero-order valence-corrected chi connectivity index (χ0v) is 12.2. The summed E-state index contributed by atoms with van der Waals surface area (Å²) in [6.45, 7) is 1.55. The third-order valence-corrected chi connectivity index (χ3v) is 3.73. The number of carboxylic acids is 1. The number of hydrogen-bond acceptors (Lipinski definition) is 3. The fraction of sp³-hybridized carbons (Fsp3) is 0.500. The smallest absolute Gasteiger partial charge is 0.326 e. The molecular weight excluding hydrogens is 270 g/mol. The molecule has 1 unspecified atom stereocenters. The number of fused-ring (bicyclic) bond motifs is 1. The van der Waals surface area contributed by atoms with Crippen molar-refractivity contribution in [3.05, 3.63) is 29.3 Å². The van der Waals surface area contributed by atoms with Crippen molar-refractivity contribution < 1.29 is 19.4 Å². The van der Waals surface area contributed by atoms with Crippen LogP contribution >= 0.6 is 0 Å². The summed E-state index contributed by atoms with van der Waals surface area (Å²) in [5, 5.41) is 11.3. The lowest BCUT2D eigenvalue weighted by Crippen LogP contribution is -2.42. The molecule has 1 atom stereocenters. The lowest BCUT2D eigenvalue weighted by molar-refractivity contribution is -0.142. The molecule has 1 aliphatic carbocycles. The third kappa shape index (κ3) is 4.21. The van der Waals surface area contributed by atoms with Gasteiger partial charge < -0.3 is 15.2 Å². The molecule has 0 bridgehead atoms. The predicted molar refractivity (Wildman–Crippen MR) is 78.4 cm³/mol. The maximum absolute atomic E-state index is 11.7. The zero-order chi connectivity index (χ0) is 15.2. The number of nitrogens with one attached hydrogen (secondary N) is 1. The van der Waals surface area contributed by atoms with E-state index < -0.39 is 17.9 Å². The third-order valence-electron chi connectivity index (χ3n) is 3.73. The molecule has 1 aromatic carbocycles. The Kier molecular flexibility index (Phi) is 5.20. The van der Waals surface area contributed by atoms with Gasteiger partial charge in [-0.05, 0) is 55.4 Å². The largest absolute Gasteiger partial charge is 0.484 e.